The van der Waals surface area contributed by atoms with E-state index in [2.05, 4.69) is 18.2 Å². The second kappa shape index (κ2) is 2.78. The summed E-state index contributed by atoms with van der Waals surface area (Å²) in [6.45, 7) is 4.34. The molecule has 0 aliphatic rings. The second-order valence-electron chi connectivity index (χ2n) is 1.38. The molecule has 1 heteroatoms. The zero-order valence-corrected chi connectivity index (χ0v) is 5.57. The Kier molecular flexibility index (Phi) is 3.09. The van der Waals surface area contributed by atoms with E-state index >= 15 is 0 Å². The van der Waals surface area contributed by atoms with E-state index in [1.807, 2.05) is 19.4 Å². The van der Waals surface area contributed by atoms with Crippen molar-refractivity contribution in [2.45, 2.75) is 13.8 Å². The molecule has 0 unspecified atom stereocenters. The molecule has 0 saturated carbocycles. The van der Waals surface area contributed by atoms with E-state index in [1.165, 1.54) is 0 Å². The summed E-state index contributed by atoms with van der Waals surface area (Å²) in [6, 6.07) is 0. The summed E-state index contributed by atoms with van der Waals surface area (Å²) in [5.41, 5.74) is 0. The van der Waals surface area contributed by atoms with Gasteiger partial charge in [0.05, 0.1) is 0 Å². The Morgan fingerprint density at radius 1 is 1.60 bits per heavy atom. The number of hydrogen-bond acceptors (Lipinski definition) is 0. The number of rotatable bonds is 1. The van der Waals surface area contributed by atoms with Crippen LogP contribution in [0.15, 0.2) is 0 Å². The Bertz CT molecular complexity index is 30.6. The predicted octanol–water partition coefficient (Wildman–Crippen LogP) is 0.991. The maximum atomic E-state index is 2.18. The Morgan fingerprint density at radius 3 is 1.80 bits per heavy atom. The zero-order chi connectivity index (χ0) is 4.28. The molecule has 0 bridgehead atoms. The van der Waals surface area contributed by atoms with Crippen molar-refractivity contribution < 1.29 is 19.4 Å². The second-order valence-corrected chi connectivity index (χ2v) is 2.05. The first-order chi connectivity index (χ1) is 2.27. The molecule has 0 amide bonds. The third-order valence-corrected chi connectivity index (χ3v) is 1.61. The van der Waals surface area contributed by atoms with E-state index in [-0.39, 0.29) is 0 Å². The van der Waals surface area contributed by atoms with Crippen molar-refractivity contribution in [2.75, 3.05) is 0 Å². The van der Waals surface area contributed by atoms with Gasteiger partial charge in [-0.2, -0.15) is 0 Å². The predicted molar refractivity (Wildman–Crippen MR) is 20.9 cm³/mol. The van der Waals surface area contributed by atoms with Gasteiger partial charge in [-0.15, -0.1) is 0 Å². The SMILES string of the molecule is CC(C)[CH]=[Mo]. The minimum atomic E-state index is 0.764. The van der Waals surface area contributed by atoms with Gasteiger partial charge in [0.15, 0.2) is 0 Å². The topological polar surface area (TPSA) is 0 Å². The van der Waals surface area contributed by atoms with Crippen LogP contribution >= 0.6 is 0 Å². The van der Waals surface area contributed by atoms with E-state index in [9.17, 15) is 0 Å². The van der Waals surface area contributed by atoms with Crippen LogP contribution in [0, 0.1) is 5.92 Å². The molecule has 0 aliphatic heterocycles. The molecule has 0 atom stereocenters. The molecule has 0 heterocycles. The normalized spacial score (nSPS) is 8.60. The van der Waals surface area contributed by atoms with Crippen LogP contribution in [0.3, 0.4) is 0 Å². The van der Waals surface area contributed by atoms with Crippen molar-refractivity contribution in [1.29, 1.82) is 0 Å². The summed E-state index contributed by atoms with van der Waals surface area (Å²) in [5, 5.41) is 0. The van der Waals surface area contributed by atoms with Crippen molar-refractivity contribution >= 4 is 4.40 Å². The molecule has 0 aromatic heterocycles. The van der Waals surface area contributed by atoms with Gasteiger partial charge in [0.25, 0.3) is 0 Å². The molecular formula is C4H8Mo. The van der Waals surface area contributed by atoms with E-state index in [4.69, 9.17) is 0 Å². The first kappa shape index (κ1) is 5.56. The summed E-state index contributed by atoms with van der Waals surface area (Å²) < 4.78 is 2.18. The van der Waals surface area contributed by atoms with Crippen LogP contribution in [0.1, 0.15) is 13.8 Å². The van der Waals surface area contributed by atoms with Gasteiger partial charge in [-0.1, -0.05) is 0 Å². The fourth-order valence-electron chi connectivity index (χ4n) is 0. The quantitative estimate of drug-likeness (QED) is 0.491. The molecule has 0 aromatic rings. The summed E-state index contributed by atoms with van der Waals surface area (Å²) >= 11 is 2.01. The van der Waals surface area contributed by atoms with Gasteiger partial charge >= 0.3 is 43.5 Å². The van der Waals surface area contributed by atoms with Gasteiger partial charge in [0.2, 0.25) is 0 Å². The standard InChI is InChI=1S/C4H8.Mo/c1-4(2)3;/h1,4H,2-3H3;. The Morgan fingerprint density at radius 2 is 1.80 bits per heavy atom. The summed E-state index contributed by atoms with van der Waals surface area (Å²) in [4.78, 5) is 0. The first-order valence-corrected chi connectivity index (χ1v) is 2.88. The molecule has 30 valence electrons. The van der Waals surface area contributed by atoms with E-state index in [1.54, 1.807) is 0 Å². The van der Waals surface area contributed by atoms with Gasteiger partial charge in [-0.3, -0.25) is 0 Å². The van der Waals surface area contributed by atoms with E-state index in [0.29, 0.717) is 0 Å². The molecule has 0 aromatic carbocycles. The fourth-order valence-corrected chi connectivity index (χ4v) is 0. The average molecular weight is 152 g/mol. The zero-order valence-electron chi connectivity index (χ0n) is 3.56. The molecule has 0 nitrogen and oxygen atoms in total. The van der Waals surface area contributed by atoms with Gasteiger partial charge in [-0.25, -0.2) is 0 Å². The molecule has 0 fully saturated rings. The van der Waals surface area contributed by atoms with Crippen molar-refractivity contribution in [3.8, 4) is 0 Å². The van der Waals surface area contributed by atoms with Gasteiger partial charge in [-0.05, 0) is 0 Å². The summed E-state index contributed by atoms with van der Waals surface area (Å²) in [5.74, 6) is 0.764. The van der Waals surface area contributed by atoms with Crippen LogP contribution in [0.5, 0.6) is 0 Å². The molecule has 0 saturated heterocycles. The average Bonchev–Trinajstić information content (AvgIpc) is 1.38. The van der Waals surface area contributed by atoms with Crippen LogP contribution in [0.2, 0.25) is 0 Å². The molecule has 0 spiro atoms. The van der Waals surface area contributed by atoms with Gasteiger partial charge in [0, 0.05) is 0 Å². The Balaban J connectivity index is 2.83. The molecular weight excluding hydrogens is 144 g/mol. The third kappa shape index (κ3) is 4.56. The number of hydrogen-bond donors (Lipinski definition) is 0. The van der Waals surface area contributed by atoms with Gasteiger partial charge < -0.3 is 0 Å². The van der Waals surface area contributed by atoms with Crippen LogP contribution in [-0.2, 0) is 19.4 Å². The molecule has 5 heavy (non-hydrogen) atoms. The van der Waals surface area contributed by atoms with Crippen molar-refractivity contribution in [3.05, 3.63) is 0 Å². The van der Waals surface area contributed by atoms with Crippen LogP contribution < -0.4 is 0 Å². The van der Waals surface area contributed by atoms with Crippen molar-refractivity contribution in [2.24, 2.45) is 5.92 Å². The molecule has 0 N–H and O–H groups in total. The fraction of sp³-hybridized carbons (Fsp3) is 0.750. The van der Waals surface area contributed by atoms with Crippen molar-refractivity contribution in [1.82, 2.24) is 0 Å². The van der Waals surface area contributed by atoms with Crippen LogP contribution in [0.25, 0.3) is 0 Å². The maximum absolute atomic E-state index is 2.18. The Hall–Kier alpha value is 0.558. The monoisotopic (exact) mass is 154 g/mol. The first-order valence-electron chi connectivity index (χ1n) is 1.72. The molecule has 0 radical (unpaired) electrons. The summed E-state index contributed by atoms with van der Waals surface area (Å²) in [6.07, 6.45) is 0. The van der Waals surface area contributed by atoms with Crippen LogP contribution in [0.4, 0.5) is 0 Å². The third-order valence-electron chi connectivity index (χ3n) is 0.272. The van der Waals surface area contributed by atoms with Crippen LogP contribution in [-0.4, -0.2) is 4.40 Å². The molecule has 0 aliphatic carbocycles. The minimum absolute atomic E-state index is 0.764. The Labute approximate surface area is 44.0 Å². The summed E-state index contributed by atoms with van der Waals surface area (Å²) in [7, 11) is 0. The van der Waals surface area contributed by atoms with Gasteiger partial charge in [0.1, 0.15) is 0 Å². The molecule has 0 rings (SSSR count). The van der Waals surface area contributed by atoms with E-state index < -0.39 is 0 Å². The van der Waals surface area contributed by atoms with E-state index in [0.717, 1.165) is 5.92 Å². The van der Waals surface area contributed by atoms with Crippen molar-refractivity contribution in [3.63, 3.8) is 0 Å².